The first-order chi connectivity index (χ1) is 13.5. The van der Waals surface area contributed by atoms with Gasteiger partial charge < -0.3 is 5.32 Å². The van der Waals surface area contributed by atoms with Crippen molar-refractivity contribution in [2.24, 2.45) is 23.2 Å². The van der Waals surface area contributed by atoms with Crippen molar-refractivity contribution in [1.82, 2.24) is 9.78 Å². The summed E-state index contributed by atoms with van der Waals surface area (Å²) < 4.78 is 1.79. The van der Waals surface area contributed by atoms with Gasteiger partial charge in [-0.25, -0.2) is 0 Å². The number of carbonyl (C=O) groups is 1. The minimum absolute atomic E-state index is 0.108. The van der Waals surface area contributed by atoms with Crippen LogP contribution < -0.4 is 5.32 Å². The van der Waals surface area contributed by atoms with Gasteiger partial charge in [0.1, 0.15) is 0 Å². The highest BCUT2D eigenvalue weighted by molar-refractivity contribution is 6.35. The molecule has 6 heteroatoms. The van der Waals surface area contributed by atoms with E-state index in [2.05, 4.69) is 10.4 Å². The molecule has 28 heavy (non-hydrogen) atoms. The summed E-state index contributed by atoms with van der Waals surface area (Å²) in [6.45, 7) is 0.543. The van der Waals surface area contributed by atoms with Crippen LogP contribution in [0.25, 0.3) is 0 Å². The largest absolute Gasteiger partial charge is 0.309 e. The maximum Gasteiger partial charge on any atom is 0.226 e. The molecule has 0 aliphatic heterocycles. The molecule has 0 spiro atoms. The number of hydrogen-bond acceptors (Lipinski definition) is 2. The Hall–Kier alpha value is -1.52. The Morgan fingerprint density at radius 1 is 1.11 bits per heavy atom. The van der Waals surface area contributed by atoms with E-state index in [9.17, 15) is 4.79 Å². The number of benzene rings is 1. The number of nitrogens with zero attached hydrogens (tertiary/aromatic N) is 2. The molecule has 4 bridgehead atoms. The summed E-state index contributed by atoms with van der Waals surface area (Å²) in [4.78, 5) is 12.8. The van der Waals surface area contributed by atoms with Crippen LogP contribution >= 0.6 is 23.2 Å². The fourth-order valence-corrected chi connectivity index (χ4v) is 6.84. The van der Waals surface area contributed by atoms with Crippen molar-refractivity contribution in [2.45, 2.75) is 51.5 Å². The van der Waals surface area contributed by atoms with Crippen molar-refractivity contribution in [3.8, 4) is 0 Å². The fraction of sp³-hybridized carbons (Fsp3) is 0.545. The van der Waals surface area contributed by atoms with E-state index in [1.54, 1.807) is 10.7 Å². The molecule has 4 saturated carbocycles. The van der Waals surface area contributed by atoms with E-state index < -0.39 is 0 Å². The van der Waals surface area contributed by atoms with Crippen molar-refractivity contribution in [3.63, 3.8) is 0 Å². The van der Waals surface area contributed by atoms with E-state index in [0.29, 0.717) is 28.8 Å². The number of hydrogen-bond donors (Lipinski definition) is 1. The van der Waals surface area contributed by atoms with Crippen molar-refractivity contribution >= 4 is 34.9 Å². The quantitative estimate of drug-likeness (QED) is 0.669. The molecule has 1 aromatic heterocycles. The molecular formula is C22H25Cl2N3O. The molecule has 1 amide bonds. The van der Waals surface area contributed by atoms with Crippen molar-refractivity contribution in [3.05, 3.63) is 46.1 Å². The minimum Gasteiger partial charge on any atom is -0.309 e. The molecule has 0 saturated heterocycles. The summed E-state index contributed by atoms with van der Waals surface area (Å²) in [5, 5.41) is 8.76. The Labute approximate surface area is 175 Å². The topological polar surface area (TPSA) is 46.9 Å². The molecule has 0 radical (unpaired) electrons. The lowest BCUT2D eigenvalue weighted by atomic mass is 9.49. The van der Waals surface area contributed by atoms with E-state index in [1.807, 2.05) is 24.4 Å². The van der Waals surface area contributed by atoms with E-state index in [1.165, 1.54) is 38.5 Å². The van der Waals surface area contributed by atoms with Crippen LogP contribution in [-0.4, -0.2) is 15.7 Å². The summed E-state index contributed by atoms with van der Waals surface area (Å²) in [5.74, 6) is 3.31. The molecule has 1 heterocycles. The maximum atomic E-state index is 12.8. The second-order valence-corrected chi connectivity index (χ2v) is 10.1. The van der Waals surface area contributed by atoms with Crippen LogP contribution in [0.1, 0.15) is 50.5 Å². The molecule has 4 fully saturated rings. The van der Waals surface area contributed by atoms with Gasteiger partial charge in [0.25, 0.3) is 0 Å². The summed E-state index contributed by atoms with van der Waals surface area (Å²) in [6.07, 6.45) is 10.5. The second-order valence-electron chi connectivity index (χ2n) is 9.28. The molecule has 4 aliphatic rings. The van der Waals surface area contributed by atoms with E-state index in [0.717, 1.165) is 23.3 Å². The summed E-state index contributed by atoms with van der Waals surface area (Å²) in [7, 11) is 0. The summed E-state index contributed by atoms with van der Waals surface area (Å²) in [6, 6.07) is 7.30. The van der Waals surface area contributed by atoms with Gasteiger partial charge in [-0.05, 0) is 79.4 Å². The first kappa shape index (κ1) is 18.5. The van der Waals surface area contributed by atoms with Gasteiger partial charge >= 0.3 is 0 Å². The highest BCUT2D eigenvalue weighted by Crippen LogP contribution is 2.61. The molecule has 4 nitrogen and oxygen atoms in total. The molecule has 0 atom stereocenters. The second kappa shape index (κ2) is 7.07. The maximum absolute atomic E-state index is 12.8. The van der Waals surface area contributed by atoms with Gasteiger partial charge in [-0.2, -0.15) is 5.10 Å². The molecule has 6 rings (SSSR count). The van der Waals surface area contributed by atoms with Gasteiger partial charge in [-0.15, -0.1) is 0 Å². The zero-order valence-corrected chi connectivity index (χ0v) is 17.3. The average molecular weight is 418 g/mol. The van der Waals surface area contributed by atoms with Gasteiger partial charge in [-0.1, -0.05) is 29.3 Å². The SMILES string of the molecule is O=C(CC12CC3CC(CC(C3)C1)C2)Nc1ccn(Cc2ccc(Cl)cc2Cl)n1. The Balaban J connectivity index is 1.22. The molecule has 1 N–H and O–H groups in total. The minimum atomic E-state index is 0.108. The average Bonchev–Trinajstić information content (AvgIpc) is 3.02. The monoisotopic (exact) mass is 417 g/mol. The van der Waals surface area contributed by atoms with Crippen LogP contribution in [0, 0.1) is 23.2 Å². The highest BCUT2D eigenvalue weighted by Gasteiger charge is 2.51. The van der Waals surface area contributed by atoms with Crippen LogP contribution in [0.15, 0.2) is 30.5 Å². The number of rotatable bonds is 5. The normalized spacial score (nSPS) is 30.6. The Morgan fingerprint density at radius 2 is 1.79 bits per heavy atom. The predicted octanol–water partition coefficient (Wildman–Crippen LogP) is 5.78. The predicted molar refractivity (Wildman–Crippen MR) is 112 cm³/mol. The van der Waals surface area contributed by atoms with E-state index >= 15 is 0 Å². The van der Waals surface area contributed by atoms with Crippen LogP contribution in [0.5, 0.6) is 0 Å². The zero-order chi connectivity index (χ0) is 19.3. The number of halogens is 2. The third-order valence-electron chi connectivity index (χ3n) is 6.96. The Morgan fingerprint density at radius 3 is 2.43 bits per heavy atom. The van der Waals surface area contributed by atoms with Gasteiger partial charge in [0.2, 0.25) is 5.91 Å². The van der Waals surface area contributed by atoms with Crippen molar-refractivity contribution < 1.29 is 4.79 Å². The number of anilines is 1. The molecule has 148 valence electrons. The van der Waals surface area contributed by atoms with Crippen molar-refractivity contribution in [1.29, 1.82) is 0 Å². The molecule has 1 aromatic carbocycles. The smallest absolute Gasteiger partial charge is 0.226 e. The van der Waals surface area contributed by atoms with Gasteiger partial charge in [0.05, 0.1) is 6.54 Å². The van der Waals surface area contributed by atoms with Crippen LogP contribution in [0.3, 0.4) is 0 Å². The molecule has 0 unspecified atom stereocenters. The zero-order valence-electron chi connectivity index (χ0n) is 15.8. The van der Waals surface area contributed by atoms with E-state index in [-0.39, 0.29) is 11.3 Å². The molecule has 2 aromatic rings. The van der Waals surface area contributed by atoms with Gasteiger partial charge in [0, 0.05) is 28.7 Å². The molecule has 4 aliphatic carbocycles. The van der Waals surface area contributed by atoms with Crippen LogP contribution in [0.4, 0.5) is 5.82 Å². The van der Waals surface area contributed by atoms with Crippen molar-refractivity contribution in [2.75, 3.05) is 5.32 Å². The standard InChI is InChI=1S/C22H25Cl2N3O/c23-18-2-1-17(19(24)8-18)13-27-4-3-20(26-27)25-21(28)12-22-9-14-5-15(10-22)7-16(6-14)11-22/h1-4,8,14-16H,5-7,9-13H2,(H,25,26,28). The third-order valence-corrected chi connectivity index (χ3v) is 7.54. The Kier molecular flexibility index (Phi) is 4.67. The first-order valence-electron chi connectivity index (χ1n) is 10.2. The van der Waals surface area contributed by atoms with Crippen LogP contribution in [0.2, 0.25) is 10.0 Å². The highest BCUT2D eigenvalue weighted by atomic mass is 35.5. The lowest BCUT2D eigenvalue weighted by molar-refractivity contribution is -0.124. The summed E-state index contributed by atoms with van der Waals surface area (Å²) in [5.41, 5.74) is 1.19. The lowest BCUT2D eigenvalue weighted by Crippen LogP contribution is -2.47. The van der Waals surface area contributed by atoms with Crippen LogP contribution in [-0.2, 0) is 11.3 Å². The first-order valence-corrected chi connectivity index (χ1v) is 11.0. The van der Waals surface area contributed by atoms with Gasteiger partial charge in [0.15, 0.2) is 5.82 Å². The lowest BCUT2D eigenvalue weighted by Gasteiger charge is -2.56. The third kappa shape index (κ3) is 3.69. The summed E-state index contributed by atoms with van der Waals surface area (Å²) >= 11 is 12.2. The molecular weight excluding hydrogens is 393 g/mol. The van der Waals surface area contributed by atoms with E-state index in [4.69, 9.17) is 23.2 Å². The number of aromatic nitrogens is 2. The fourth-order valence-electron chi connectivity index (χ4n) is 6.37. The number of carbonyl (C=O) groups excluding carboxylic acids is 1. The number of nitrogens with one attached hydrogen (secondary N) is 1. The number of amides is 1. The van der Waals surface area contributed by atoms with Gasteiger partial charge in [-0.3, -0.25) is 9.48 Å². The Bertz CT molecular complexity index is 872.